The monoisotopic (exact) mass is 424 g/mol. The summed E-state index contributed by atoms with van der Waals surface area (Å²) >= 11 is 13.4. The Hall–Kier alpha value is -2.91. The van der Waals surface area contributed by atoms with Crippen molar-refractivity contribution in [1.82, 2.24) is 4.98 Å². The number of aromatic nitrogens is 1. The van der Waals surface area contributed by atoms with E-state index < -0.39 is 5.63 Å². The van der Waals surface area contributed by atoms with Gasteiger partial charge in [-0.2, -0.15) is 5.26 Å². The van der Waals surface area contributed by atoms with E-state index in [-0.39, 0.29) is 0 Å². The summed E-state index contributed by atoms with van der Waals surface area (Å²) in [5.74, 6) is 0. The van der Waals surface area contributed by atoms with Crippen molar-refractivity contribution < 1.29 is 4.42 Å². The van der Waals surface area contributed by atoms with Crippen molar-refractivity contribution >= 4 is 57.2 Å². The van der Waals surface area contributed by atoms with Gasteiger partial charge in [0.25, 0.3) is 0 Å². The zero-order valence-electron chi connectivity index (χ0n) is 14.1. The van der Waals surface area contributed by atoms with Gasteiger partial charge in [0.05, 0.1) is 16.8 Å². The van der Waals surface area contributed by atoms with Gasteiger partial charge in [-0.1, -0.05) is 47.5 Å². The third-order valence-corrected chi connectivity index (χ3v) is 5.47. The summed E-state index contributed by atoms with van der Waals surface area (Å²) in [5.41, 5.74) is 1.85. The molecule has 2 heterocycles. The largest absolute Gasteiger partial charge is 0.422 e. The van der Waals surface area contributed by atoms with Gasteiger partial charge in [0.1, 0.15) is 16.7 Å². The number of thiazole rings is 1. The fourth-order valence-corrected chi connectivity index (χ4v) is 3.93. The topological polar surface area (TPSA) is 66.9 Å². The molecule has 0 bridgehead atoms. The summed E-state index contributed by atoms with van der Waals surface area (Å²) in [4.78, 5) is 16.8. The number of hydrogen-bond donors (Lipinski definition) is 0. The summed E-state index contributed by atoms with van der Waals surface area (Å²) in [5, 5.41) is 13.5. The Labute approximate surface area is 173 Å². The van der Waals surface area contributed by atoms with Crippen LogP contribution in [0.1, 0.15) is 10.6 Å². The smallest absolute Gasteiger partial charge is 0.345 e. The lowest BCUT2D eigenvalue weighted by atomic mass is 10.1. The van der Waals surface area contributed by atoms with E-state index in [1.165, 1.54) is 11.3 Å². The molecule has 0 amide bonds. The second kappa shape index (κ2) is 7.61. The van der Waals surface area contributed by atoms with E-state index in [0.717, 1.165) is 5.39 Å². The summed E-state index contributed by atoms with van der Waals surface area (Å²) < 4.78 is 5.37. The normalized spacial score (nSPS) is 11.5. The van der Waals surface area contributed by atoms with E-state index in [9.17, 15) is 10.1 Å². The van der Waals surface area contributed by atoms with Crippen molar-refractivity contribution in [2.24, 2.45) is 0 Å². The molecular weight excluding hydrogens is 415 g/mol. The van der Waals surface area contributed by atoms with Crippen LogP contribution < -0.4 is 5.63 Å². The zero-order valence-corrected chi connectivity index (χ0v) is 16.5. The number of fused-ring (bicyclic) bond motifs is 1. The molecular formula is C21H10Cl2N2O2S. The predicted molar refractivity (Wildman–Crippen MR) is 114 cm³/mol. The molecule has 0 saturated carbocycles. The molecule has 2 aromatic heterocycles. The predicted octanol–water partition coefficient (Wildman–Crippen LogP) is 6.29. The molecule has 4 nitrogen and oxygen atoms in total. The molecule has 7 heteroatoms. The van der Waals surface area contributed by atoms with Gasteiger partial charge >= 0.3 is 5.63 Å². The minimum Gasteiger partial charge on any atom is -0.422 e. The number of nitriles is 1. The van der Waals surface area contributed by atoms with Crippen LogP contribution in [0.5, 0.6) is 0 Å². The quantitative estimate of drug-likeness (QED) is 0.286. The molecule has 4 aromatic rings. The van der Waals surface area contributed by atoms with Gasteiger partial charge in [-0.15, -0.1) is 11.3 Å². The molecule has 0 aliphatic rings. The van der Waals surface area contributed by atoms with Crippen molar-refractivity contribution in [2.75, 3.05) is 0 Å². The van der Waals surface area contributed by atoms with Crippen LogP contribution in [0, 0.1) is 11.3 Å². The van der Waals surface area contributed by atoms with Crippen LogP contribution in [-0.4, -0.2) is 4.98 Å². The maximum Gasteiger partial charge on any atom is 0.345 e. The van der Waals surface area contributed by atoms with Crippen LogP contribution in [0.4, 0.5) is 0 Å². The number of allylic oxidation sites excluding steroid dienone is 1. The molecule has 136 valence electrons. The Kier molecular flexibility index (Phi) is 5.01. The van der Waals surface area contributed by atoms with Crippen LogP contribution in [0.15, 0.2) is 63.1 Å². The molecule has 0 aliphatic carbocycles. The SMILES string of the molecule is N#CC(=Cc1ccc(Cl)cc1Cl)c1nc(-c2cc3ccccc3oc2=O)cs1. The van der Waals surface area contributed by atoms with Crippen LogP contribution >= 0.6 is 34.5 Å². The van der Waals surface area contributed by atoms with Crippen molar-refractivity contribution in [2.45, 2.75) is 0 Å². The van der Waals surface area contributed by atoms with E-state index in [1.807, 2.05) is 12.1 Å². The van der Waals surface area contributed by atoms with E-state index in [1.54, 1.807) is 47.9 Å². The summed E-state index contributed by atoms with van der Waals surface area (Å²) in [7, 11) is 0. The van der Waals surface area contributed by atoms with E-state index in [0.29, 0.717) is 43.0 Å². The molecule has 28 heavy (non-hydrogen) atoms. The van der Waals surface area contributed by atoms with Crippen LogP contribution in [-0.2, 0) is 0 Å². The third kappa shape index (κ3) is 3.58. The Morgan fingerprint density at radius 1 is 1.18 bits per heavy atom. The van der Waals surface area contributed by atoms with Crippen molar-refractivity contribution in [3.8, 4) is 17.3 Å². The standard InChI is InChI=1S/C21H10Cl2N2O2S/c22-15-6-5-12(17(23)9-15)7-14(10-24)20-25-18(11-28-20)16-8-13-3-1-2-4-19(13)27-21(16)26/h1-9,11H. The molecule has 2 aromatic carbocycles. The maximum atomic E-state index is 12.3. The summed E-state index contributed by atoms with van der Waals surface area (Å²) in [6.45, 7) is 0. The fourth-order valence-electron chi connectivity index (χ4n) is 2.68. The van der Waals surface area contributed by atoms with E-state index in [2.05, 4.69) is 11.1 Å². The first-order valence-electron chi connectivity index (χ1n) is 8.11. The lowest BCUT2D eigenvalue weighted by Crippen LogP contribution is -2.02. The van der Waals surface area contributed by atoms with Crippen LogP contribution in [0.3, 0.4) is 0 Å². The first kappa shape index (κ1) is 18.5. The minimum absolute atomic E-state index is 0.339. The summed E-state index contributed by atoms with van der Waals surface area (Å²) in [6.07, 6.45) is 1.64. The highest BCUT2D eigenvalue weighted by Crippen LogP contribution is 2.29. The average Bonchev–Trinajstić information content (AvgIpc) is 3.16. The van der Waals surface area contributed by atoms with Crippen molar-refractivity contribution in [1.29, 1.82) is 5.26 Å². The molecule has 0 saturated heterocycles. The number of halogens is 2. The summed E-state index contributed by atoms with van der Waals surface area (Å²) in [6, 6.07) is 16.2. The highest BCUT2D eigenvalue weighted by molar-refractivity contribution is 7.11. The molecule has 0 unspecified atom stereocenters. The van der Waals surface area contributed by atoms with Crippen LogP contribution in [0.25, 0.3) is 33.9 Å². The first-order chi connectivity index (χ1) is 13.5. The molecule has 0 spiro atoms. The van der Waals surface area contributed by atoms with Gasteiger partial charge in [0.2, 0.25) is 0 Å². The highest BCUT2D eigenvalue weighted by Gasteiger charge is 2.14. The van der Waals surface area contributed by atoms with Crippen molar-refractivity contribution in [3.63, 3.8) is 0 Å². The molecule has 0 atom stereocenters. The van der Waals surface area contributed by atoms with Gasteiger partial charge in [-0.3, -0.25) is 0 Å². The lowest BCUT2D eigenvalue weighted by molar-refractivity contribution is 0.563. The maximum absolute atomic E-state index is 12.3. The van der Waals surface area contributed by atoms with Gasteiger partial charge in [0, 0.05) is 20.8 Å². The van der Waals surface area contributed by atoms with Crippen molar-refractivity contribution in [3.05, 3.63) is 84.9 Å². The Morgan fingerprint density at radius 2 is 2.00 bits per heavy atom. The minimum atomic E-state index is -0.473. The van der Waals surface area contributed by atoms with E-state index in [4.69, 9.17) is 27.6 Å². The molecule has 0 N–H and O–H groups in total. The third-order valence-electron chi connectivity index (χ3n) is 4.03. The molecule has 0 aliphatic heterocycles. The fraction of sp³-hybridized carbons (Fsp3) is 0. The second-order valence-electron chi connectivity index (χ2n) is 5.86. The highest BCUT2D eigenvalue weighted by atomic mass is 35.5. The van der Waals surface area contributed by atoms with E-state index >= 15 is 0 Å². The Bertz CT molecular complexity index is 1330. The zero-order chi connectivity index (χ0) is 19.7. The molecule has 0 fully saturated rings. The lowest BCUT2D eigenvalue weighted by Gasteiger charge is -2.00. The molecule has 4 rings (SSSR count). The number of hydrogen-bond acceptors (Lipinski definition) is 5. The number of nitrogens with zero attached hydrogens (tertiary/aromatic N) is 2. The average molecular weight is 425 g/mol. The number of para-hydroxylation sites is 1. The molecule has 0 radical (unpaired) electrons. The van der Waals surface area contributed by atoms with Crippen LogP contribution in [0.2, 0.25) is 10.0 Å². The second-order valence-corrected chi connectivity index (χ2v) is 7.56. The van der Waals surface area contributed by atoms with Gasteiger partial charge in [-0.05, 0) is 35.9 Å². The number of rotatable bonds is 3. The van der Waals surface area contributed by atoms with Gasteiger partial charge in [-0.25, -0.2) is 9.78 Å². The Balaban J connectivity index is 1.76. The number of benzene rings is 2. The van der Waals surface area contributed by atoms with Gasteiger partial charge in [0.15, 0.2) is 0 Å². The Morgan fingerprint density at radius 3 is 2.79 bits per heavy atom. The first-order valence-corrected chi connectivity index (χ1v) is 9.75. The van der Waals surface area contributed by atoms with Gasteiger partial charge < -0.3 is 4.42 Å².